The van der Waals surface area contributed by atoms with Crippen molar-refractivity contribution in [2.45, 2.75) is 71.2 Å². The number of amides is 1. The van der Waals surface area contributed by atoms with Crippen molar-refractivity contribution in [2.75, 3.05) is 19.8 Å². The summed E-state index contributed by atoms with van der Waals surface area (Å²) in [5.41, 5.74) is 2.60. The van der Waals surface area contributed by atoms with Gasteiger partial charge in [-0.25, -0.2) is 4.79 Å². The fraction of sp³-hybridized carbons (Fsp3) is 0.500. The molecule has 4 rings (SSSR count). The van der Waals surface area contributed by atoms with E-state index in [-0.39, 0.29) is 18.2 Å². The number of rotatable bonds is 8. The molecule has 1 aliphatic rings. The number of ether oxygens (including phenoxy) is 3. The standard InChI is InChI=1S/C28H37N3O4/c1-5-33-18-17-31-25-14-10-9-13-24(25)29-26(31)34-23-15-16-30(27(32)35-28(2,3)4)22(20-23)19-21-11-7-6-8-12-21/h6-14,22-23H,5,15-20H2,1-4H3/t22-,23+/m1/s1. The van der Waals surface area contributed by atoms with Gasteiger partial charge in [0.2, 0.25) is 0 Å². The van der Waals surface area contributed by atoms with Crippen LogP contribution in [-0.4, -0.2) is 58.0 Å². The van der Waals surface area contributed by atoms with E-state index in [9.17, 15) is 4.79 Å². The van der Waals surface area contributed by atoms with Crippen LogP contribution in [0.2, 0.25) is 0 Å². The van der Waals surface area contributed by atoms with Gasteiger partial charge >= 0.3 is 6.09 Å². The predicted molar refractivity (Wildman–Crippen MR) is 137 cm³/mol. The smallest absolute Gasteiger partial charge is 0.410 e. The molecule has 35 heavy (non-hydrogen) atoms. The first kappa shape index (κ1) is 25.0. The van der Waals surface area contributed by atoms with Gasteiger partial charge in [-0.05, 0) is 51.8 Å². The summed E-state index contributed by atoms with van der Waals surface area (Å²) < 4.78 is 19.9. The maximum atomic E-state index is 13.0. The first-order chi connectivity index (χ1) is 16.8. The number of carbonyl (C=O) groups is 1. The summed E-state index contributed by atoms with van der Waals surface area (Å²) in [6.45, 7) is 10.2. The Labute approximate surface area is 208 Å². The number of aromatic nitrogens is 2. The van der Waals surface area contributed by atoms with Crippen molar-refractivity contribution in [3.63, 3.8) is 0 Å². The Hall–Kier alpha value is -3.06. The molecule has 0 bridgehead atoms. The fourth-order valence-electron chi connectivity index (χ4n) is 4.57. The molecule has 0 unspecified atom stereocenters. The summed E-state index contributed by atoms with van der Waals surface area (Å²) in [5.74, 6) is 0. The minimum absolute atomic E-state index is 0.0211. The molecule has 0 N–H and O–H groups in total. The molecule has 2 heterocycles. The number of fused-ring (bicyclic) bond motifs is 1. The van der Waals surface area contributed by atoms with Crippen molar-refractivity contribution in [2.24, 2.45) is 0 Å². The van der Waals surface area contributed by atoms with Gasteiger partial charge < -0.3 is 19.1 Å². The SMILES string of the molecule is CCOCCn1c(O[C@H]2CCN(C(=O)OC(C)(C)C)[C@H](Cc3ccccc3)C2)nc2ccccc21. The van der Waals surface area contributed by atoms with Gasteiger partial charge in [0.25, 0.3) is 6.01 Å². The van der Waals surface area contributed by atoms with E-state index in [1.54, 1.807) is 0 Å². The predicted octanol–water partition coefficient (Wildman–Crippen LogP) is 5.46. The summed E-state index contributed by atoms with van der Waals surface area (Å²) in [6, 6.07) is 18.9. The van der Waals surface area contributed by atoms with Crippen LogP contribution in [-0.2, 0) is 22.4 Å². The van der Waals surface area contributed by atoms with E-state index >= 15 is 0 Å². The summed E-state index contributed by atoms with van der Waals surface area (Å²) in [5, 5.41) is 0. The number of nitrogens with zero attached hydrogens (tertiary/aromatic N) is 3. The third-order valence-electron chi connectivity index (χ3n) is 6.16. The first-order valence-corrected chi connectivity index (χ1v) is 12.6. The maximum absolute atomic E-state index is 13.0. The Morgan fingerprint density at radius 2 is 1.83 bits per heavy atom. The number of piperidine rings is 1. The Balaban J connectivity index is 1.54. The highest BCUT2D eigenvalue weighted by atomic mass is 16.6. The molecule has 0 saturated carbocycles. The molecule has 2 aromatic carbocycles. The van der Waals surface area contributed by atoms with Crippen LogP contribution in [0.15, 0.2) is 54.6 Å². The molecule has 188 valence electrons. The lowest BCUT2D eigenvalue weighted by molar-refractivity contribution is -0.00560. The number of imidazole rings is 1. The highest BCUT2D eigenvalue weighted by molar-refractivity contribution is 5.76. The number of benzene rings is 2. The van der Waals surface area contributed by atoms with Crippen molar-refractivity contribution in [1.82, 2.24) is 14.5 Å². The zero-order chi connectivity index (χ0) is 24.8. The molecule has 1 aliphatic heterocycles. The highest BCUT2D eigenvalue weighted by Gasteiger charge is 2.35. The van der Waals surface area contributed by atoms with E-state index in [4.69, 9.17) is 19.2 Å². The van der Waals surface area contributed by atoms with Crippen LogP contribution in [0.5, 0.6) is 6.01 Å². The van der Waals surface area contributed by atoms with Crippen molar-refractivity contribution in [1.29, 1.82) is 0 Å². The van der Waals surface area contributed by atoms with Crippen LogP contribution in [0.1, 0.15) is 46.1 Å². The minimum atomic E-state index is -0.535. The Bertz CT molecular complexity index is 1110. The van der Waals surface area contributed by atoms with Crippen molar-refractivity contribution >= 4 is 17.1 Å². The van der Waals surface area contributed by atoms with Crippen molar-refractivity contribution in [3.8, 4) is 6.01 Å². The summed E-state index contributed by atoms with van der Waals surface area (Å²) in [4.78, 5) is 19.7. The first-order valence-electron chi connectivity index (χ1n) is 12.6. The maximum Gasteiger partial charge on any atom is 0.410 e. The normalized spacial score (nSPS) is 18.6. The Morgan fingerprint density at radius 3 is 2.57 bits per heavy atom. The van der Waals surface area contributed by atoms with Crippen molar-refractivity contribution in [3.05, 3.63) is 60.2 Å². The van der Waals surface area contributed by atoms with Gasteiger partial charge in [0.15, 0.2) is 0 Å². The summed E-state index contributed by atoms with van der Waals surface area (Å²) in [6.07, 6.45) is 1.87. The molecule has 1 saturated heterocycles. The van der Waals surface area contributed by atoms with E-state index in [1.807, 2.05) is 69.0 Å². The minimum Gasteiger partial charge on any atom is -0.461 e. The van der Waals surface area contributed by atoms with Gasteiger partial charge in [0.05, 0.1) is 24.2 Å². The van der Waals surface area contributed by atoms with Gasteiger partial charge in [-0.3, -0.25) is 4.57 Å². The second-order valence-electron chi connectivity index (χ2n) is 10.0. The lowest BCUT2D eigenvalue weighted by Crippen LogP contribution is -2.51. The largest absolute Gasteiger partial charge is 0.461 e. The summed E-state index contributed by atoms with van der Waals surface area (Å²) >= 11 is 0. The van der Waals surface area contributed by atoms with Gasteiger partial charge in [-0.1, -0.05) is 42.5 Å². The molecule has 0 aliphatic carbocycles. The Morgan fingerprint density at radius 1 is 1.09 bits per heavy atom. The van der Waals surface area contributed by atoms with Gasteiger partial charge in [-0.2, -0.15) is 4.98 Å². The lowest BCUT2D eigenvalue weighted by Gasteiger charge is -2.39. The topological polar surface area (TPSA) is 65.8 Å². The number of hydrogen-bond acceptors (Lipinski definition) is 5. The van der Waals surface area contributed by atoms with E-state index in [0.29, 0.717) is 38.7 Å². The average molecular weight is 480 g/mol. The fourth-order valence-corrected chi connectivity index (χ4v) is 4.57. The monoisotopic (exact) mass is 479 g/mol. The molecule has 2 atom stereocenters. The van der Waals surface area contributed by atoms with E-state index in [1.165, 1.54) is 5.56 Å². The zero-order valence-corrected chi connectivity index (χ0v) is 21.3. The van der Waals surface area contributed by atoms with Crippen LogP contribution in [0.25, 0.3) is 11.0 Å². The van der Waals surface area contributed by atoms with Crippen LogP contribution >= 0.6 is 0 Å². The average Bonchev–Trinajstić information content (AvgIpc) is 3.16. The third kappa shape index (κ3) is 6.54. The quantitative estimate of drug-likeness (QED) is 0.401. The number of hydrogen-bond donors (Lipinski definition) is 0. The van der Waals surface area contributed by atoms with Crippen LogP contribution in [0.3, 0.4) is 0 Å². The molecule has 1 amide bonds. The molecule has 7 nitrogen and oxygen atoms in total. The Kier molecular flexibility index (Phi) is 7.96. The molecular weight excluding hydrogens is 442 g/mol. The molecule has 1 fully saturated rings. The number of para-hydroxylation sites is 2. The van der Waals surface area contributed by atoms with E-state index in [0.717, 1.165) is 23.9 Å². The van der Waals surface area contributed by atoms with Crippen molar-refractivity contribution < 1.29 is 19.0 Å². The third-order valence-corrected chi connectivity index (χ3v) is 6.16. The zero-order valence-electron chi connectivity index (χ0n) is 21.3. The van der Waals surface area contributed by atoms with Gasteiger partial charge in [0, 0.05) is 32.0 Å². The van der Waals surface area contributed by atoms with E-state index in [2.05, 4.69) is 22.8 Å². The molecule has 7 heteroatoms. The van der Waals surface area contributed by atoms with Gasteiger partial charge in [-0.15, -0.1) is 0 Å². The molecule has 1 aromatic heterocycles. The van der Waals surface area contributed by atoms with Crippen LogP contribution < -0.4 is 4.74 Å². The number of carbonyl (C=O) groups excluding carboxylic acids is 1. The second kappa shape index (κ2) is 11.1. The molecular formula is C28H37N3O4. The number of likely N-dealkylation sites (tertiary alicyclic amines) is 1. The van der Waals surface area contributed by atoms with Crippen LogP contribution in [0.4, 0.5) is 4.79 Å². The second-order valence-corrected chi connectivity index (χ2v) is 10.0. The van der Waals surface area contributed by atoms with Crippen LogP contribution in [0, 0.1) is 0 Å². The molecule has 3 aromatic rings. The van der Waals surface area contributed by atoms with Gasteiger partial charge in [0.1, 0.15) is 11.7 Å². The molecule has 0 radical (unpaired) electrons. The molecule has 0 spiro atoms. The van der Waals surface area contributed by atoms with E-state index < -0.39 is 5.60 Å². The highest BCUT2D eigenvalue weighted by Crippen LogP contribution is 2.28. The summed E-state index contributed by atoms with van der Waals surface area (Å²) in [7, 11) is 0. The lowest BCUT2D eigenvalue weighted by atomic mass is 9.94.